The molecule has 0 radical (unpaired) electrons. The molecule has 1 heterocycles. The van der Waals surface area contributed by atoms with Crippen molar-refractivity contribution in [1.29, 1.82) is 5.26 Å². The lowest BCUT2D eigenvalue weighted by molar-refractivity contribution is -0.134. The van der Waals surface area contributed by atoms with Gasteiger partial charge in [-0.25, -0.2) is 0 Å². The van der Waals surface area contributed by atoms with E-state index < -0.39 is 5.41 Å². The fraction of sp³-hybridized carbons (Fsp3) is 0.846. The molecule has 0 unspecified atom stereocenters. The average molecular weight is 236 g/mol. The third-order valence-corrected chi connectivity index (χ3v) is 3.93. The van der Waals surface area contributed by atoms with Crippen LogP contribution in [0.3, 0.4) is 0 Å². The Morgan fingerprint density at radius 1 is 1.47 bits per heavy atom. The highest BCUT2D eigenvalue weighted by Crippen LogP contribution is 2.45. The molecule has 0 aromatic rings. The van der Waals surface area contributed by atoms with E-state index in [1.165, 1.54) is 0 Å². The van der Waals surface area contributed by atoms with Crippen molar-refractivity contribution in [2.75, 3.05) is 19.8 Å². The van der Waals surface area contributed by atoms with Gasteiger partial charge in [0.25, 0.3) is 0 Å². The summed E-state index contributed by atoms with van der Waals surface area (Å²) in [6, 6.07) is 2.20. The van der Waals surface area contributed by atoms with Crippen molar-refractivity contribution >= 4 is 5.91 Å². The third-order valence-electron chi connectivity index (χ3n) is 3.93. The molecular formula is C13H20N2O2. The van der Waals surface area contributed by atoms with Gasteiger partial charge in [0.15, 0.2) is 0 Å². The van der Waals surface area contributed by atoms with Gasteiger partial charge in [-0.1, -0.05) is 6.92 Å². The zero-order valence-electron chi connectivity index (χ0n) is 10.4. The van der Waals surface area contributed by atoms with Crippen molar-refractivity contribution in [3.63, 3.8) is 0 Å². The van der Waals surface area contributed by atoms with E-state index in [4.69, 9.17) is 10.00 Å². The molecule has 2 rings (SSSR count). The number of nitrogens with zero attached hydrogens (tertiary/aromatic N) is 1. The molecule has 0 aromatic carbocycles. The van der Waals surface area contributed by atoms with E-state index in [9.17, 15) is 4.79 Å². The average Bonchev–Trinajstić information content (AvgIpc) is 2.33. The van der Waals surface area contributed by atoms with Crippen LogP contribution in [-0.2, 0) is 9.53 Å². The second-order valence-electron chi connectivity index (χ2n) is 5.47. The first kappa shape index (κ1) is 12.4. The van der Waals surface area contributed by atoms with Gasteiger partial charge in [0, 0.05) is 19.8 Å². The maximum absolute atomic E-state index is 12.0. The Balaban J connectivity index is 1.79. The van der Waals surface area contributed by atoms with Gasteiger partial charge in [-0.15, -0.1) is 0 Å². The smallest absolute Gasteiger partial charge is 0.240 e. The van der Waals surface area contributed by atoms with Crippen LogP contribution in [0.25, 0.3) is 0 Å². The van der Waals surface area contributed by atoms with Gasteiger partial charge in [-0.2, -0.15) is 5.26 Å². The molecule has 1 amide bonds. The minimum absolute atomic E-state index is 0.0652. The fourth-order valence-electron chi connectivity index (χ4n) is 2.81. The van der Waals surface area contributed by atoms with Gasteiger partial charge in [-0.05, 0) is 37.5 Å². The Hall–Kier alpha value is -1.08. The molecule has 0 spiro atoms. The van der Waals surface area contributed by atoms with Gasteiger partial charge in [0.1, 0.15) is 5.41 Å². The van der Waals surface area contributed by atoms with Gasteiger partial charge in [0.05, 0.1) is 6.07 Å². The number of carbonyl (C=O) groups excluding carboxylic acids is 1. The lowest BCUT2D eigenvalue weighted by atomic mass is 9.63. The van der Waals surface area contributed by atoms with Crippen LogP contribution in [0.1, 0.15) is 32.6 Å². The highest BCUT2D eigenvalue weighted by Gasteiger charge is 2.48. The molecule has 4 heteroatoms. The first-order chi connectivity index (χ1) is 8.16. The van der Waals surface area contributed by atoms with E-state index >= 15 is 0 Å². The van der Waals surface area contributed by atoms with Crippen molar-refractivity contribution < 1.29 is 9.53 Å². The number of rotatable bonds is 3. The summed E-state index contributed by atoms with van der Waals surface area (Å²) in [5.41, 5.74) is -0.732. The Kier molecular flexibility index (Phi) is 3.68. The molecule has 2 fully saturated rings. The molecule has 17 heavy (non-hydrogen) atoms. The zero-order chi connectivity index (χ0) is 12.3. The number of amides is 1. The Labute approximate surface area is 102 Å². The van der Waals surface area contributed by atoms with Gasteiger partial charge >= 0.3 is 0 Å². The molecule has 1 saturated heterocycles. The Morgan fingerprint density at radius 3 is 2.65 bits per heavy atom. The normalized spacial score (nSPS) is 33.5. The van der Waals surface area contributed by atoms with Crippen LogP contribution in [0.5, 0.6) is 0 Å². The molecular weight excluding hydrogens is 216 g/mol. The quantitative estimate of drug-likeness (QED) is 0.807. The summed E-state index contributed by atoms with van der Waals surface area (Å²) >= 11 is 0. The second kappa shape index (κ2) is 5.05. The summed E-state index contributed by atoms with van der Waals surface area (Å²) in [6.45, 7) is 4.36. The van der Waals surface area contributed by atoms with Crippen LogP contribution in [0, 0.1) is 28.6 Å². The summed E-state index contributed by atoms with van der Waals surface area (Å²) in [5.74, 6) is 0.953. The lowest BCUT2D eigenvalue weighted by Gasteiger charge is -2.39. The first-order valence-electron chi connectivity index (χ1n) is 6.43. The van der Waals surface area contributed by atoms with E-state index in [1.54, 1.807) is 0 Å². The van der Waals surface area contributed by atoms with Crippen molar-refractivity contribution in [3.8, 4) is 6.07 Å². The molecule has 1 N–H and O–H groups in total. The van der Waals surface area contributed by atoms with Crippen LogP contribution in [0.15, 0.2) is 0 Å². The van der Waals surface area contributed by atoms with Crippen LogP contribution in [0.4, 0.5) is 0 Å². The van der Waals surface area contributed by atoms with E-state index in [1.807, 2.05) is 0 Å². The molecule has 0 aromatic heterocycles. The zero-order valence-corrected chi connectivity index (χ0v) is 10.4. The molecule has 1 aliphatic carbocycles. The van der Waals surface area contributed by atoms with Gasteiger partial charge in [0.2, 0.25) is 5.91 Å². The minimum Gasteiger partial charge on any atom is -0.381 e. The number of carbonyl (C=O) groups is 1. The summed E-state index contributed by atoms with van der Waals surface area (Å²) in [7, 11) is 0. The monoisotopic (exact) mass is 236 g/mol. The van der Waals surface area contributed by atoms with E-state index in [-0.39, 0.29) is 5.91 Å². The molecule has 1 aliphatic heterocycles. The van der Waals surface area contributed by atoms with E-state index in [0.717, 1.165) is 26.1 Å². The SMILES string of the molecule is CC1CC(C#N)(C(=O)NCC2CCOCC2)C1. The van der Waals surface area contributed by atoms with Crippen LogP contribution in [0.2, 0.25) is 0 Å². The van der Waals surface area contributed by atoms with Crippen molar-refractivity contribution in [2.45, 2.75) is 32.6 Å². The molecule has 94 valence electrons. The van der Waals surface area contributed by atoms with E-state index in [0.29, 0.717) is 31.2 Å². The predicted molar refractivity (Wildman–Crippen MR) is 63.0 cm³/mol. The Morgan fingerprint density at radius 2 is 2.12 bits per heavy atom. The molecule has 0 bridgehead atoms. The number of nitrogens with one attached hydrogen (secondary N) is 1. The van der Waals surface area contributed by atoms with Crippen molar-refractivity contribution in [3.05, 3.63) is 0 Å². The topological polar surface area (TPSA) is 62.1 Å². The molecule has 4 nitrogen and oxygen atoms in total. The third kappa shape index (κ3) is 2.61. The van der Waals surface area contributed by atoms with Crippen LogP contribution in [-0.4, -0.2) is 25.7 Å². The summed E-state index contributed by atoms with van der Waals surface area (Å²) in [4.78, 5) is 12.0. The second-order valence-corrected chi connectivity index (χ2v) is 5.47. The number of hydrogen-bond acceptors (Lipinski definition) is 3. The van der Waals surface area contributed by atoms with Crippen LogP contribution >= 0.6 is 0 Å². The maximum Gasteiger partial charge on any atom is 0.240 e. The standard InChI is InChI=1S/C13H20N2O2/c1-10-6-13(7-10,9-14)12(16)15-8-11-2-4-17-5-3-11/h10-11H,2-8H2,1H3,(H,15,16). The number of ether oxygens (including phenoxy) is 1. The molecule has 2 aliphatic rings. The number of nitriles is 1. The fourth-order valence-corrected chi connectivity index (χ4v) is 2.81. The predicted octanol–water partition coefficient (Wildman–Crippen LogP) is 1.47. The Bertz CT molecular complexity index is 323. The summed E-state index contributed by atoms with van der Waals surface area (Å²) < 4.78 is 5.28. The van der Waals surface area contributed by atoms with Crippen molar-refractivity contribution in [1.82, 2.24) is 5.32 Å². The van der Waals surface area contributed by atoms with Crippen molar-refractivity contribution in [2.24, 2.45) is 17.3 Å². The molecule has 1 saturated carbocycles. The van der Waals surface area contributed by atoms with Gasteiger partial charge in [-0.3, -0.25) is 4.79 Å². The number of hydrogen-bond donors (Lipinski definition) is 1. The summed E-state index contributed by atoms with van der Waals surface area (Å²) in [5, 5.41) is 12.1. The lowest BCUT2D eigenvalue weighted by Crippen LogP contribution is -2.49. The summed E-state index contributed by atoms with van der Waals surface area (Å²) in [6.07, 6.45) is 3.44. The molecule has 0 atom stereocenters. The highest BCUT2D eigenvalue weighted by molar-refractivity contribution is 5.86. The minimum atomic E-state index is -0.732. The highest BCUT2D eigenvalue weighted by atomic mass is 16.5. The van der Waals surface area contributed by atoms with E-state index in [2.05, 4.69) is 18.3 Å². The van der Waals surface area contributed by atoms with Gasteiger partial charge < -0.3 is 10.1 Å². The first-order valence-corrected chi connectivity index (χ1v) is 6.43. The largest absolute Gasteiger partial charge is 0.381 e. The maximum atomic E-state index is 12.0. The van der Waals surface area contributed by atoms with Crippen LogP contribution < -0.4 is 5.32 Å².